The number of hydrogen-bond acceptors (Lipinski definition) is 4. The van der Waals surface area contributed by atoms with Gasteiger partial charge in [-0.2, -0.15) is 5.26 Å². The minimum atomic E-state index is -0.611. The van der Waals surface area contributed by atoms with Crippen LogP contribution in [0.2, 0.25) is 0 Å². The molecule has 0 unspecified atom stereocenters. The Labute approximate surface area is 110 Å². The zero-order chi connectivity index (χ0) is 14.3. The van der Waals surface area contributed by atoms with E-state index in [2.05, 4.69) is 0 Å². The summed E-state index contributed by atoms with van der Waals surface area (Å²) in [5.74, 6) is -0.535. The minimum absolute atomic E-state index is 0.0539. The lowest BCUT2D eigenvalue weighted by Gasteiger charge is -2.20. The normalized spacial score (nSPS) is 9.79. The Hall–Kier alpha value is -2.13. The average Bonchev–Trinajstić information content (AvgIpc) is 2.43. The van der Waals surface area contributed by atoms with Crippen LogP contribution in [0.5, 0.6) is 0 Å². The molecule has 1 aromatic carbocycles. The molecule has 0 radical (unpaired) electrons. The molecule has 0 aliphatic rings. The second-order valence-electron chi connectivity index (χ2n) is 3.77. The van der Waals surface area contributed by atoms with Gasteiger partial charge in [-0.15, -0.1) is 0 Å². The van der Waals surface area contributed by atoms with Gasteiger partial charge >= 0.3 is 6.09 Å². The maximum absolute atomic E-state index is 13.7. The smallest absolute Gasteiger partial charge is 0.410 e. The molecular weight excluding hydrogens is 251 g/mol. The molecule has 1 N–H and O–H groups in total. The number of amides is 1. The second kappa shape index (κ2) is 7.34. The van der Waals surface area contributed by atoms with Crippen molar-refractivity contribution in [1.29, 1.82) is 5.26 Å². The number of nitrogens with zero attached hydrogens (tertiary/aromatic N) is 2. The number of ether oxygens (including phenoxy) is 1. The molecule has 0 bridgehead atoms. The summed E-state index contributed by atoms with van der Waals surface area (Å²) in [5, 5.41) is 17.2. The summed E-state index contributed by atoms with van der Waals surface area (Å²) in [4.78, 5) is 12.9. The number of carbonyl (C=O) groups excluding carboxylic acids is 1. The topological polar surface area (TPSA) is 73.6 Å². The number of aliphatic hydroxyl groups excluding tert-OH is 1. The highest BCUT2D eigenvalue weighted by Crippen LogP contribution is 2.13. The molecule has 0 saturated carbocycles. The molecule has 0 aliphatic heterocycles. The van der Waals surface area contributed by atoms with Gasteiger partial charge in [0, 0.05) is 12.1 Å². The maximum atomic E-state index is 13.7. The van der Waals surface area contributed by atoms with Gasteiger partial charge in [0.2, 0.25) is 0 Å². The molecule has 0 fully saturated rings. The van der Waals surface area contributed by atoms with Crippen LogP contribution in [0.25, 0.3) is 0 Å². The van der Waals surface area contributed by atoms with Gasteiger partial charge in [-0.25, -0.2) is 9.18 Å². The number of aliphatic hydroxyl groups is 1. The van der Waals surface area contributed by atoms with E-state index in [1.807, 2.05) is 6.07 Å². The molecule has 0 heterocycles. The van der Waals surface area contributed by atoms with Gasteiger partial charge in [0.1, 0.15) is 12.4 Å². The van der Waals surface area contributed by atoms with E-state index in [1.54, 1.807) is 6.92 Å². The Morgan fingerprint density at radius 3 is 2.84 bits per heavy atom. The Kier molecular flexibility index (Phi) is 5.76. The fourth-order valence-corrected chi connectivity index (χ4v) is 1.48. The number of carbonyl (C=O) groups is 1. The van der Waals surface area contributed by atoms with Crippen molar-refractivity contribution in [3.63, 3.8) is 0 Å². The maximum Gasteiger partial charge on any atom is 0.410 e. The van der Waals surface area contributed by atoms with Crippen LogP contribution in [-0.2, 0) is 11.3 Å². The van der Waals surface area contributed by atoms with Gasteiger partial charge < -0.3 is 14.7 Å². The lowest BCUT2D eigenvalue weighted by Crippen LogP contribution is -2.31. The predicted octanol–water partition coefficient (Wildman–Crippen LogP) is 1.65. The quantitative estimate of drug-likeness (QED) is 0.879. The van der Waals surface area contributed by atoms with E-state index in [4.69, 9.17) is 15.1 Å². The molecule has 1 rings (SSSR count). The van der Waals surface area contributed by atoms with Crippen LogP contribution >= 0.6 is 0 Å². The number of halogens is 1. The fraction of sp³-hybridized carbons (Fsp3) is 0.385. The molecule has 6 heteroatoms. The highest BCUT2D eigenvalue weighted by molar-refractivity contribution is 5.67. The first kappa shape index (κ1) is 14.9. The molecule has 0 spiro atoms. The van der Waals surface area contributed by atoms with Crippen LogP contribution in [0.15, 0.2) is 18.2 Å². The van der Waals surface area contributed by atoms with Crippen molar-refractivity contribution < 1.29 is 19.0 Å². The van der Waals surface area contributed by atoms with E-state index in [0.29, 0.717) is 12.1 Å². The highest BCUT2D eigenvalue weighted by Gasteiger charge is 2.15. The van der Waals surface area contributed by atoms with Crippen molar-refractivity contribution in [2.45, 2.75) is 13.5 Å². The molecule has 19 heavy (non-hydrogen) atoms. The van der Waals surface area contributed by atoms with Gasteiger partial charge in [-0.05, 0) is 19.1 Å². The third-order valence-electron chi connectivity index (χ3n) is 2.50. The summed E-state index contributed by atoms with van der Waals surface area (Å²) < 4.78 is 18.4. The van der Waals surface area contributed by atoms with Gasteiger partial charge in [0.25, 0.3) is 0 Å². The molecule has 0 aromatic heterocycles. The van der Waals surface area contributed by atoms with Crippen molar-refractivity contribution in [2.75, 3.05) is 19.8 Å². The molecule has 0 aliphatic carbocycles. The number of nitriles is 1. The van der Waals surface area contributed by atoms with Crippen LogP contribution in [0, 0.1) is 17.1 Å². The van der Waals surface area contributed by atoms with E-state index in [1.165, 1.54) is 17.0 Å². The molecular formula is C13H15FN2O3. The first-order chi connectivity index (χ1) is 9.12. The van der Waals surface area contributed by atoms with Crippen molar-refractivity contribution in [2.24, 2.45) is 0 Å². The molecule has 1 aromatic rings. The predicted molar refractivity (Wildman–Crippen MR) is 65.6 cm³/mol. The summed E-state index contributed by atoms with van der Waals surface area (Å²) in [6.45, 7) is 1.80. The number of benzene rings is 1. The van der Waals surface area contributed by atoms with Crippen LogP contribution in [-0.4, -0.2) is 35.9 Å². The van der Waals surface area contributed by atoms with E-state index in [0.717, 1.165) is 6.07 Å². The summed E-state index contributed by atoms with van der Waals surface area (Å²) >= 11 is 0. The summed E-state index contributed by atoms with van der Waals surface area (Å²) in [5.41, 5.74) is 0.536. The summed E-state index contributed by atoms with van der Waals surface area (Å²) in [6, 6.07) is 5.93. The average molecular weight is 266 g/mol. The van der Waals surface area contributed by atoms with Crippen molar-refractivity contribution in [1.82, 2.24) is 4.90 Å². The van der Waals surface area contributed by atoms with Crippen LogP contribution in [0.4, 0.5) is 9.18 Å². The SMILES string of the molecule is CCN(Cc1ccc(C#N)cc1F)C(=O)OCCO. The van der Waals surface area contributed by atoms with E-state index in [-0.39, 0.29) is 25.3 Å². The lowest BCUT2D eigenvalue weighted by atomic mass is 10.1. The van der Waals surface area contributed by atoms with Crippen molar-refractivity contribution in [3.8, 4) is 6.07 Å². The third-order valence-corrected chi connectivity index (χ3v) is 2.50. The first-order valence-electron chi connectivity index (χ1n) is 5.83. The van der Waals surface area contributed by atoms with Crippen molar-refractivity contribution >= 4 is 6.09 Å². The number of hydrogen-bond donors (Lipinski definition) is 1. The minimum Gasteiger partial charge on any atom is -0.447 e. The zero-order valence-corrected chi connectivity index (χ0v) is 10.6. The fourth-order valence-electron chi connectivity index (χ4n) is 1.48. The van der Waals surface area contributed by atoms with E-state index >= 15 is 0 Å². The van der Waals surface area contributed by atoms with Gasteiger partial charge in [-0.1, -0.05) is 6.07 Å². The monoisotopic (exact) mass is 266 g/mol. The first-order valence-corrected chi connectivity index (χ1v) is 5.83. The Balaban J connectivity index is 2.76. The lowest BCUT2D eigenvalue weighted by molar-refractivity contribution is 0.0834. The molecule has 1 amide bonds. The van der Waals surface area contributed by atoms with E-state index < -0.39 is 11.9 Å². The molecule has 0 saturated heterocycles. The van der Waals surface area contributed by atoms with Gasteiger partial charge in [-0.3, -0.25) is 0 Å². The van der Waals surface area contributed by atoms with Crippen LogP contribution < -0.4 is 0 Å². The molecule has 102 valence electrons. The molecule has 0 atom stereocenters. The second-order valence-corrected chi connectivity index (χ2v) is 3.77. The Bertz CT molecular complexity index is 485. The van der Waals surface area contributed by atoms with E-state index in [9.17, 15) is 9.18 Å². The van der Waals surface area contributed by atoms with Gasteiger partial charge in [0.05, 0.1) is 24.8 Å². The third kappa shape index (κ3) is 4.23. The largest absolute Gasteiger partial charge is 0.447 e. The summed E-state index contributed by atoms with van der Waals surface area (Å²) in [7, 11) is 0. The van der Waals surface area contributed by atoms with Crippen LogP contribution in [0.1, 0.15) is 18.1 Å². The Morgan fingerprint density at radius 2 is 2.32 bits per heavy atom. The summed E-state index contributed by atoms with van der Waals surface area (Å²) in [6.07, 6.45) is -0.611. The van der Waals surface area contributed by atoms with Crippen LogP contribution in [0.3, 0.4) is 0 Å². The highest BCUT2D eigenvalue weighted by atomic mass is 19.1. The number of rotatable bonds is 5. The standard InChI is InChI=1S/C13H15FN2O3/c1-2-16(13(18)19-6-5-17)9-11-4-3-10(8-15)7-12(11)14/h3-4,7,17H,2,5-6,9H2,1H3. The zero-order valence-electron chi connectivity index (χ0n) is 10.6. The Morgan fingerprint density at radius 1 is 1.58 bits per heavy atom. The van der Waals surface area contributed by atoms with Gasteiger partial charge in [0.15, 0.2) is 0 Å². The van der Waals surface area contributed by atoms with Crippen molar-refractivity contribution in [3.05, 3.63) is 35.1 Å². The molecule has 5 nitrogen and oxygen atoms in total.